The highest BCUT2D eigenvalue weighted by Crippen LogP contribution is 2.39. The van der Waals surface area contributed by atoms with Crippen LogP contribution in [0.25, 0.3) is 21.0 Å². The van der Waals surface area contributed by atoms with E-state index in [9.17, 15) is 9.59 Å². The smallest absolute Gasteiger partial charge is 0.276 e. The number of carbonyl (C=O) groups is 2. The van der Waals surface area contributed by atoms with Crippen LogP contribution in [0.2, 0.25) is 0 Å². The van der Waals surface area contributed by atoms with Crippen LogP contribution >= 0.6 is 11.3 Å². The van der Waals surface area contributed by atoms with Crippen molar-refractivity contribution in [1.82, 2.24) is 15.5 Å². The molecule has 0 aliphatic heterocycles. The first-order valence-corrected chi connectivity index (χ1v) is 9.01. The number of ether oxygens (including phenoxy) is 1. The van der Waals surface area contributed by atoms with E-state index < -0.39 is 0 Å². The number of methoxy groups -OCH3 is 1. The summed E-state index contributed by atoms with van der Waals surface area (Å²) in [4.78, 5) is 25.2. The molecule has 0 aliphatic carbocycles. The lowest BCUT2D eigenvalue weighted by Crippen LogP contribution is -2.16. The summed E-state index contributed by atoms with van der Waals surface area (Å²) in [6.45, 7) is 0. The predicted molar refractivity (Wildman–Crippen MR) is 106 cm³/mol. The number of rotatable bonds is 4. The molecule has 0 aliphatic rings. The third kappa shape index (κ3) is 2.89. The van der Waals surface area contributed by atoms with Gasteiger partial charge in [0.2, 0.25) is 0 Å². The molecular weight excluding hydrogens is 364 g/mol. The lowest BCUT2D eigenvalue weighted by atomic mass is 10.2. The fourth-order valence-corrected chi connectivity index (χ4v) is 4.04. The summed E-state index contributed by atoms with van der Waals surface area (Å²) in [5, 5.41) is 14.0. The highest BCUT2D eigenvalue weighted by Gasteiger charge is 2.20. The van der Waals surface area contributed by atoms with Crippen molar-refractivity contribution in [3.05, 3.63) is 53.0 Å². The second-order valence-corrected chi connectivity index (χ2v) is 6.88. The maximum absolute atomic E-state index is 12.7. The average Bonchev–Trinajstić information content (AvgIpc) is 3.28. The quantitative estimate of drug-likeness (QED) is 0.506. The number of hydrogen-bond acceptors (Lipinski definition) is 5. The molecule has 0 saturated heterocycles. The second-order valence-electron chi connectivity index (χ2n) is 5.83. The third-order valence-corrected chi connectivity index (χ3v) is 5.37. The number of thiophene rings is 1. The van der Waals surface area contributed by atoms with E-state index in [0.29, 0.717) is 22.0 Å². The topological polar surface area (TPSA) is 96.1 Å². The van der Waals surface area contributed by atoms with Crippen molar-refractivity contribution in [3.63, 3.8) is 0 Å². The molecule has 2 aromatic heterocycles. The van der Waals surface area contributed by atoms with Crippen molar-refractivity contribution in [2.45, 2.75) is 0 Å². The molecular formula is C19H16N4O3S. The largest absolute Gasteiger partial charge is 0.494 e. The van der Waals surface area contributed by atoms with E-state index in [1.165, 1.54) is 18.4 Å². The maximum atomic E-state index is 12.7. The highest BCUT2D eigenvalue weighted by molar-refractivity contribution is 7.21. The Morgan fingerprint density at radius 3 is 2.70 bits per heavy atom. The molecule has 0 unspecified atom stereocenters. The van der Waals surface area contributed by atoms with Gasteiger partial charge < -0.3 is 15.4 Å². The standard InChI is InChI=1S/C19H16N4O3S/c1-20-19(25)17-16(26-2)12-9-10(7-8-14(12)27-17)21-18(24)15-11-5-3-4-6-13(11)22-23-15/h3-9H,1-2H3,(H,20,25)(H,21,24)(H,22,23). The Bertz CT molecular complexity index is 1180. The van der Waals surface area contributed by atoms with Crippen LogP contribution in [0.5, 0.6) is 5.75 Å². The van der Waals surface area contributed by atoms with Crippen molar-refractivity contribution in [2.75, 3.05) is 19.5 Å². The van der Waals surface area contributed by atoms with Gasteiger partial charge in [0.05, 0.1) is 12.6 Å². The maximum Gasteiger partial charge on any atom is 0.276 e. The van der Waals surface area contributed by atoms with Gasteiger partial charge in [0.1, 0.15) is 10.6 Å². The molecule has 7 nitrogen and oxygen atoms in total. The Morgan fingerprint density at radius 2 is 1.93 bits per heavy atom. The molecule has 4 rings (SSSR count). The number of amides is 2. The van der Waals surface area contributed by atoms with E-state index >= 15 is 0 Å². The SMILES string of the molecule is CNC(=O)c1sc2ccc(NC(=O)c3n[nH]c4ccccc34)cc2c1OC. The van der Waals surface area contributed by atoms with Gasteiger partial charge >= 0.3 is 0 Å². The minimum atomic E-state index is -0.312. The summed E-state index contributed by atoms with van der Waals surface area (Å²) in [7, 11) is 3.10. The zero-order chi connectivity index (χ0) is 19.0. The summed E-state index contributed by atoms with van der Waals surface area (Å²) >= 11 is 1.34. The molecule has 0 atom stereocenters. The van der Waals surface area contributed by atoms with E-state index in [2.05, 4.69) is 20.8 Å². The van der Waals surface area contributed by atoms with Gasteiger partial charge in [-0.05, 0) is 24.3 Å². The first-order valence-electron chi connectivity index (χ1n) is 8.19. The van der Waals surface area contributed by atoms with Crippen LogP contribution in [0.1, 0.15) is 20.2 Å². The molecule has 0 bridgehead atoms. The lowest BCUT2D eigenvalue weighted by molar-refractivity contribution is 0.0963. The number of nitrogens with zero attached hydrogens (tertiary/aromatic N) is 1. The van der Waals surface area contributed by atoms with Crippen LogP contribution in [0.4, 0.5) is 5.69 Å². The minimum absolute atomic E-state index is 0.207. The van der Waals surface area contributed by atoms with Crippen molar-refractivity contribution in [2.24, 2.45) is 0 Å². The molecule has 0 saturated carbocycles. The zero-order valence-corrected chi connectivity index (χ0v) is 15.4. The molecule has 0 fully saturated rings. The minimum Gasteiger partial charge on any atom is -0.494 e. The Hall–Kier alpha value is -3.39. The van der Waals surface area contributed by atoms with Gasteiger partial charge in [-0.2, -0.15) is 5.10 Å². The summed E-state index contributed by atoms with van der Waals surface area (Å²) in [6, 6.07) is 12.9. The number of hydrogen-bond donors (Lipinski definition) is 3. The molecule has 0 spiro atoms. The van der Waals surface area contributed by atoms with Crippen LogP contribution in [0.3, 0.4) is 0 Å². The summed E-state index contributed by atoms with van der Waals surface area (Å²) < 4.78 is 6.33. The van der Waals surface area contributed by atoms with Crippen LogP contribution in [-0.2, 0) is 0 Å². The third-order valence-electron chi connectivity index (χ3n) is 4.22. The first-order chi connectivity index (χ1) is 13.1. The predicted octanol–water partition coefficient (Wildman–Crippen LogP) is 3.40. The fourth-order valence-electron chi connectivity index (χ4n) is 2.95. The Balaban J connectivity index is 1.70. The van der Waals surface area contributed by atoms with Crippen molar-refractivity contribution in [3.8, 4) is 5.75 Å². The Kier molecular flexibility index (Phi) is 4.25. The van der Waals surface area contributed by atoms with Gasteiger partial charge in [-0.1, -0.05) is 18.2 Å². The van der Waals surface area contributed by atoms with Gasteiger partial charge in [0, 0.05) is 28.2 Å². The molecule has 2 amide bonds. The second kappa shape index (κ2) is 6.73. The molecule has 0 radical (unpaired) electrons. The molecule has 2 aromatic carbocycles. The van der Waals surface area contributed by atoms with Crippen LogP contribution in [0, 0.1) is 0 Å². The Labute approximate surface area is 158 Å². The van der Waals surface area contributed by atoms with Crippen molar-refractivity contribution < 1.29 is 14.3 Å². The number of benzene rings is 2. The number of H-pyrrole nitrogens is 1. The summed E-state index contributed by atoms with van der Waals surface area (Å²) in [5.74, 6) is -0.0233. The molecule has 2 heterocycles. The van der Waals surface area contributed by atoms with Crippen LogP contribution in [-0.4, -0.2) is 36.2 Å². The first kappa shape index (κ1) is 17.0. The molecule has 3 N–H and O–H groups in total. The van der Waals surface area contributed by atoms with Gasteiger partial charge in [0.25, 0.3) is 11.8 Å². The fraction of sp³-hybridized carbons (Fsp3) is 0.105. The number of para-hydroxylation sites is 1. The van der Waals surface area contributed by atoms with Crippen LogP contribution < -0.4 is 15.4 Å². The normalized spacial score (nSPS) is 10.9. The van der Waals surface area contributed by atoms with E-state index in [1.807, 2.05) is 30.3 Å². The van der Waals surface area contributed by atoms with E-state index in [0.717, 1.165) is 21.0 Å². The van der Waals surface area contributed by atoms with Gasteiger partial charge in [0.15, 0.2) is 5.69 Å². The van der Waals surface area contributed by atoms with Gasteiger partial charge in [-0.3, -0.25) is 14.7 Å². The highest BCUT2D eigenvalue weighted by atomic mass is 32.1. The van der Waals surface area contributed by atoms with Crippen molar-refractivity contribution >= 4 is 49.8 Å². The zero-order valence-electron chi connectivity index (χ0n) is 14.6. The number of aromatic nitrogens is 2. The number of nitrogens with one attached hydrogen (secondary N) is 3. The van der Waals surface area contributed by atoms with Gasteiger partial charge in [-0.15, -0.1) is 11.3 Å². The van der Waals surface area contributed by atoms with E-state index in [4.69, 9.17) is 4.74 Å². The van der Waals surface area contributed by atoms with Gasteiger partial charge in [-0.25, -0.2) is 0 Å². The van der Waals surface area contributed by atoms with E-state index in [-0.39, 0.29) is 11.8 Å². The summed E-state index contributed by atoms with van der Waals surface area (Å²) in [5.41, 5.74) is 1.72. The number of fused-ring (bicyclic) bond motifs is 2. The molecule has 136 valence electrons. The van der Waals surface area contributed by atoms with E-state index in [1.54, 1.807) is 19.2 Å². The summed E-state index contributed by atoms with van der Waals surface area (Å²) in [6.07, 6.45) is 0. The average molecular weight is 380 g/mol. The molecule has 27 heavy (non-hydrogen) atoms. The molecule has 8 heteroatoms. The number of carbonyl (C=O) groups excluding carboxylic acids is 2. The Morgan fingerprint density at radius 1 is 1.11 bits per heavy atom. The monoisotopic (exact) mass is 380 g/mol. The van der Waals surface area contributed by atoms with Crippen molar-refractivity contribution in [1.29, 1.82) is 0 Å². The lowest BCUT2D eigenvalue weighted by Gasteiger charge is -2.05. The number of anilines is 1. The molecule has 4 aromatic rings. The van der Waals surface area contributed by atoms with Crippen LogP contribution in [0.15, 0.2) is 42.5 Å². The number of aromatic amines is 1.